The van der Waals surface area contributed by atoms with Gasteiger partial charge in [0.25, 0.3) is 9.12 Å². The van der Waals surface area contributed by atoms with E-state index in [1.165, 1.54) is 0 Å². The van der Waals surface area contributed by atoms with Crippen molar-refractivity contribution in [1.82, 2.24) is 0 Å². The molecule has 0 spiro atoms. The Bertz CT molecular complexity index is 11.6. The first kappa shape index (κ1) is 28.3. The summed E-state index contributed by atoms with van der Waals surface area (Å²) in [6, 6.07) is 0. The third-order valence-electron chi connectivity index (χ3n) is 0. The second-order valence-corrected chi connectivity index (χ2v) is 0. The monoisotopic (exact) mass is 129 g/mol. The summed E-state index contributed by atoms with van der Waals surface area (Å²) in [5.74, 6) is 0. The van der Waals surface area contributed by atoms with Gasteiger partial charge in [-0.15, -0.1) is 0 Å². The molecule has 0 fully saturated rings. The standard InChI is InChI=1S/Al.Li.OP.Ti/c;;1-2;. The minimum atomic E-state index is 0. The van der Waals surface area contributed by atoms with Gasteiger partial charge in [-0.2, -0.15) is 0 Å². The van der Waals surface area contributed by atoms with Gasteiger partial charge in [0.2, 0.25) is 0 Å². The van der Waals surface area contributed by atoms with Gasteiger partial charge < -0.3 is 0 Å². The van der Waals surface area contributed by atoms with Gasteiger partial charge in [0, 0.05) is 57.9 Å². The second kappa shape index (κ2) is 38.4. The minimum Gasteiger partial charge on any atom is -0.261 e. The molecule has 0 heterocycles. The zero-order chi connectivity index (χ0) is 2.00. The number of rotatable bonds is 0. The number of hydrogen-bond acceptors (Lipinski definition) is 1. The van der Waals surface area contributed by atoms with Crippen molar-refractivity contribution < 1.29 is 26.3 Å². The first-order valence-corrected chi connectivity index (χ1v) is 0.548. The van der Waals surface area contributed by atoms with E-state index in [-0.39, 0.29) is 57.9 Å². The Morgan fingerprint density at radius 2 is 1.20 bits per heavy atom. The summed E-state index contributed by atoms with van der Waals surface area (Å²) in [6.45, 7) is 0. The van der Waals surface area contributed by atoms with Crippen LogP contribution in [0.2, 0.25) is 0 Å². The topological polar surface area (TPSA) is 17.1 Å². The van der Waals surface area contributed by atoms with Crippen molar-refractivity contribution in [3.05, 3.63) is 0 Å². The molecule has 0 aliphatic carbocycles. The van der Waals surface area contributed by atoms with Crippen molar-refractivity contribution in [2.24, 2.45) is 0 Å². The Labute approximate surface area is 71.1 Å². The van der Waals surface area contributed by atoms with Gasteiger partial charge in [-0.25, -0.2) is 0 Å². The molecule has 0 aliphatic rings. The minimum absolute atomic E-state index is 0. The summed E-state index contributed by atoms with van der Waals surface area (Å²) < 4.78 is 7.94. The Hall–Kier alpha value is 1.94. The molecule has 0 N–H and O–H groups in total. The van der Waals surface area contributed by atoms with E-state index in [9.17, 15) is 0 Å². The van der Waals surface area contributed by atoms with Gasteiger partial charge in [0.15, 0.2) is 0 Å². The van der Waals surface area contributed by atoms with Gasteiger partial charge in [-0.3, -0.25) is 4.57 Å². The SMILES string of the molecule is O=[P].[Al].[Li].[Ti]. The van der Waals surface area contributed by atoms with E-state index in [4.69, 9.17) is 4.57 Å². The summed E-state index contributed by atoms with van der Waals surface area (Å²) in [4.78, 5) is 0. The first-order chi connectivity index (χ1) is 1.00. The van der Waals surface area contributed by atoms with Crippen molar-refractivity contribution >= 4 is 45.3 Å². The Balaban J connectivity index is -0.00000000167. The summed E-state index contributed by atoms with van der Waals surface area (Å²) in [5, 5.41) is 0. The van der Waals surface area contributed by atoms with E-state index in [0.29, 0.717) is 0 Å². The fourth-order valence-electron chi connectivity index (χ4n) is 0. The van der Waals surface area contributed by atoms with Crippen LogP contribution in [0.4, 0.5) is 0 Å². The maximum atomic E-state index is 7.94. The molecule has 0 amide bonds. The van der Waals surface area contributed by atoms with E-state index in [0.717, 1.165) is 0 Å². The molecule has 0 unspecified atom stereocenters. The average molecular weight is 129 g/mol. The molecule has 0 rings (SSSR count). The van der Waals surface area contributed by atoms with E-state index >= 15 is 0 Å². The fourth-order valence-corrected chi connectivity index (χ4v) is 0. The third kappa shape index (κ3) is 24.5. The second-order valence-electron chi connectivity index (χ2n) is 0. The van der Waals surface area contributed by atoms with E-state index < -0.39 is 0 Å². The van der Waals surface area contributed by atoms with Crippen LogP contribution in [0, 0.1) is 0 Å². The molecule has 5 heavy (non-hydrogen) atoms. The van der Waals surface area contributed by atoms with Crippen LogP contribution in [0.1, 0.15) is 0 Å². The van der Waals surface area contributed by atoms with Crippen LogP contribution in [-0.4, -0.2) is 36.2 Å². The van der Waals surface area contributed by atoms with Crippen LogP contribution >= 0.6 is 9.12 Å². The van der Waals surface area contributed by atoms with Gasteiger partial charge in [-0.1, -0.05) is 0 Å². The molecular formula is AlLiOPTi. The Morgan fingerprint density at radius 3 is 1.20 bits per heavy atom. The fraction of sp³-hybridized carbons (Fsp3) is 0. The summed E-state index contributed by atoms with van der Waals surface area (Å²) in [7, 11) is 2.28. The number of hydrogen-bond donors (Lipinski definition) is 0. The molecule has 0 bridgehead atoms. The van der Waals surface area contributed by atoms with E-state index in [1.54, 1.807) is 0 Å². The third-order valence-corrected chi connectivity index (χ3v) is 0. The quantitative estimate of drug-likeness (QED) is 0.331. The maximum Gasteiger partial charge on any atom is 0.261 e. The predicted octanol–water partition coefficient (Wildman–Crippen LogP) is -0.0217. The Morgan fingerprint density at radius 1 is 1.20 bits per heavy atom. The van der Waals surface area contributed by atoms with Crippen LogP contribution < -0.4 is 0 Å². The van der Waals surface area contributed by atoms with Crippen LogP contribution in [0.25, 0.3) is 0 Å². The van der Waals surface area contributed by atoms with Crippen LogP contribution in [0.3, 0.4) is 0 Å². The molecule has 0 saturated carbocycles. The summed E-state index contributed by atoms with van der Waals surface area (Å²) in [6.07, 6.45) is 0. The van der Waals surface area contributed by atoms with Crippen molar-refractivity contribution in [2.45, 2.75) is 0 Å². The van der Waals surface area contributed by atoms with Crippen molar-refractivity contribution in [3.63, 3.8) is 0 Å². The zero-order valence-electron chi connectivity index (χ0n) is 2.93. The van der Waals surface area contributed by atoms with Crippen LogP contribution in [0.5, 0.6) is 0 Å². The van der Waals surface area contributed by atoms with Crippen molar-refractivity contribution in [2.75, 3.05) is 0 Å². The molecule has 0 aromatic carbocycles. The van der Waals surface area contributed by atoms with Gasteiger partial charge in [0.05, 0.1) is 0 Å². The van der Waals surface area contributed by atoms with Crippen molar-refractivity contribution in [3.8, 4) is 0 Å². The van der Waals surface area contributed by atoms with Gasteiger partial charge >= 0.3 is 0 Å². The van der Waals surface area contributed by atoms with E-state index in [1.807, 2.05) is 0 Å². The Kier molecular flexibility index (Phi) is 218. The molecule has 0 aromatic rings. The molecule has 0 saturated heterocycles. The smallest absolute Gasteiger partial charge is 0.261 e. The van der Waals surface area contributed by atoms with Crippen LogP contribution in [-0.2, 0) is 26.3 Å². The van der Waals surface area contributed by atoms with E-state index in [2.05, 4.69) is 9.12 Å². The van der Waals surface area contributed by atoms with Crippen LogP contribution in [0.15, 0.2) is 0 Å². The molecule has 1 nitrogen and oxygen atoms in total. The molecule has 5 radical (unpaired) electrons. The molecule has 19 valence electrons. The predicted molar refractivity (Wildman–Crippen MR) is 19.1 cm³/mol. The maximum absolute atomic E-state index is 7.94. The molecule has 0 aromatic heterocycles. The first-order valence-electron chi connectivity index (χ1n) is 0.183. The molecular weight excluding hydrogens is 129 g/mol. The summed E-state index contributed by atoms with van der Waals surface area (Å²) >= 11 is 0. The van der Waals surface area contributed by atoms with Gasteiger partial charge in [0.1, 0.15) is 0 Å². The average Bonchev–Trinajstić information content (AvgIpc) is 1.00. The van der Waals surface area contributed by atoms with Gasteiger partial charge in [-0.05, 0) is 0 Å². The molecule has 0 atom stereocenters. The largest absolute Gasteiger partial charge is 0.261 e. The molecule has 5 heteroatoms. The zero-order valence-corrected chi connectivity index (χ0v) is 6.54. The van der Waals surface area contributed by atoms with Crippen molar-refractivity contribution in [1.29, 1.82) is 0 Å². The normalized spacial score (nSPS) is 0.800. The molecule has 0 aliphatic heterocycles. The summed E-state index contributed by atoms with van der Waals surface area (Å²) in [5.41, 5.74) is 0.